The SMILES string of the molecule is Cc1cc(Nc2cc3cc(C(=O)NC(C)C)ccc3c(OC(C)C)n2)n[nH]1. The van der Waals surface area contributed by atoms with Crippen molar-refractivity contribution in [3.8, 4) is 5.88 Å². The molecule has 0 spiro atoms. The summed E-state index contributed by atoms with van der Waals surface area (Å²) in [7, 11) is 0. The van der Waals surface area contributed by atoms with Crippen molar-refractivity contribution in [2.24, 2.45) is 0 Å². The van der Waals surface area contributed by atoms with E-state index in [1.165, 1.54) is 0 Å². The van der Waals surface area contributed by atoms with Gasteiger partial charge < -0.3 is 15.4 Å². The van der Waals surface area contributed by atoms with E-state index in [2.05, 4.69) is 25.8 Å². The zero-order chi connectivity index (χ0) is 19.6. The number of nitrogens with one attached hydrogen (secondary N) is 3. The zero-order valence-electron chi connectivity index (χ0n) is 16.3. The standard InChI is InChI=1S/C20H25N5O2/c1-11(2)21-19(26)14-6-7-16-15(9-14)10-17(23-20(16)27-12(3)4)22-18-8-13(5)24-25-18/h6-12H,1-5H3,(H,21,26)(H2,22,23,24,25). The van der Waals surface area contributed by atoms with E-state index in [9.17, 15) is 4.79 Å². The molecular formula is C20H25N5O2. The number of hydrogen-bond acceptors (Lipinski definition) is 5. The normalized spacial score (nSPS) is 11.2. The molecule has 142 valence electrons. The fourth-order valence-corrected chi connectivity index (χ4v) is 2.70. The van der Waals surface area contributed by atoms with Crippen LogP contribution < -0.4 is 15.4 Å². The van der Waals surface area contributed by atoms with Crippen molar-refractivity contribution < 1.29 is 9.53 Å². The molecule has 0 bridgehead atoms. The Labute approximate surface area is 158 Å². The number of rotatable bonds is 6. The van der Waals surface area contributed by atoms with Crippen LogP contribution in [0.3, 0.4) is 0 Å². The van der Waals surface area contributed by atoms with Crippen LogP contribution in [0.2, 0.25) is 0 Å². The molecule has 1 aromatic carbocycles. The van der Waals surface area contributed by atoms with Crippen molar-refractivity contribution >= 4 is 28.3 Å². The number of benzene rings is 1. The first-order valence-electron chi connectivity index (χ1n) is 9.03. The van der Waals surface area contributed by atoms with Crippen LogP contribution in [0.5, 0.6) is 5.88 Å². The minimum absolute atomic E-state index is 0.0208. The van der Waals surface area contributed by atoms with Gasteiger partial charge in [-0.1, -0.05) is 0 Å². The average molecular weight is 367 g/mol. The maximum Gasteiger partial charge on any atom is 0.251 e. The van der Waals surface area contributed by atoms with Gasteiger partial charge >= 0.3 is 0 Å². The molecule has 3 aromatic rings. The topological polar surface area (TPSA) is 91.9 Å². The third-order valence-electron chi connectivity index (χ3n) is 3.79. The number of fused-ring (bicyclic) bond motifs is 1. The molecule has 0 aliphatic heterocycles. The fraction of sp³-hybridized carbons (Fsp3) is 0.350. The third-order valence-corrected chi connectivity index (χ3v) is 3.79. The lowest BCUT2D eigenvalue weighted by Gasteiger charge is -2.14. The molecule has 0 unspecified atom stereocenters. The van der Waals surface area contributed by atoms with Gasteiger partial charge in [0.05, 0.1) is 6.10 Å². The molecule has 1 amide bonds. The quantitative estimate of drug-likeness (QED) is 0.614. The lowest BCUT2D eigenvalue weighted by molar-refractivity contribution is 0.0943. The second-order valence-electron chi connectivity index (χ2n) is 7.10. The van der Waals surface area contributed by atoms with E-state index in [0.29, 0.717) is 23.1 Å². The summed E-state index contributed by atoms with van der Waals surface area (Å²) in [5, 5.41) is 14.9. The van der Waals surface area contributed by atoms with Crippen LogP contribution in [0.15, 0.2) is 30.3 Å². The summed E-state index contributed by atoms with van der Waals surface area (Å²) in [5.41, 5.74) is 1.55. The third kappa shape index (κ3) is 4.55. The Kier molecular flexibility index (Phi) is 5.30. The molecule has 0 aliphatic carbocycles. The van der Waals surface area contributed by atoms with E-state index >= 15 is 0 Å². The van der Waals surface area contributed by atoms with Crippen LogP contribution >= 0.6 is 0 Å². The molecule has 3 rings (SSSR count). The van der Waals surface area contributed by atoms with Gasteiger partial charge in [-0.05, 0) is 64.3 Å². The van der Waals surface area contributed by atoms with Gasteiger partial charge in [0.1, 0.15) is 5.82 Å². The van der Waals surface area contributed by atoms with Crippen molar-refractivity contribution in [1.82, 2.24) is 20.5 Å². The van der Waals surface area contributed by atoms with Crippen molar-refractivity contribution in [3.63, 3.8) is 0 Å². The van der Waals surface area contributed by atoms with Gasteiger partial charge in [0.15, 0.2) is 5.82 Å². The van der Waals surface area contributed by atoms with E-state index in [4.69, 9.17) is 4.74 Å². The van der Waals surface area contributed by atoms with Crippen LogP contribution in [-0.4, -0.2) is 33.2 Å². The van der Waals surface area contributed by atoms with Crippen molar-refractivity contribution in [2.75, 3.05) is 5.32 Å². The Morgan fingerprint density at radius 2 is 1.89 bits per heavy atom. The predicted molar refractivity (Wildman–Crippen MR) is 107 cm³/mol. The summed E-state index contributed by atoms with van der Waals surface area (Å²) in [6.07, 6.45) is -0.0208. The van der Waals surface area contributed by atoms with Gasteiger partial charge in [-0.15, -0.1) is 0 Å². The molecular weight excluding hydrogens is 342 g/mol. The number of aromatic nitrogens is 3. The summed E-state index contributed by atoms with van der Waals surface area (Å²) < 4.78 is 5.90. The molecule has 7 nitrogen and oxygen atoms in total. The average Bonchev–Trinajstić information content (AvgIpc) is 2.98. The second-order valence-corrected chi connectivity index (χ2v) is 7.10. The highest BCUT2D eigenvalue weighted by molar-refractivity contribution is 6.00. The molecule has 0 saturated carbocycles. The van der Waals surface area contributed by atoms with E-state index in [1.807, 2.05) is 58.9 Å². The fourth-order valence-electron chi connectivity index (χ4n) is 2.70. The largest absolute Gasteiger partial charge is 0.474 e. The van der Waals surface area contributed by atoms with E-state index in [-0.39, 0.29) is 18.1 Å². The Balaban J connectivity index is 2.03. The van der Waals surface area contributed by atoms with Crippen molar-refractivity contribution in [3.05, 3.63) is 41.6 Å². The number of aryl methyl sites for hydroxylation is 1. The van der Waals surface area contributed by atoms with Crippen LogP contribution in [0.25, 0.3) is 10.8 Å². The Morgan fingerprint density at radius 3 is 2.52 bits per heavy atom. The summed E-state index contributed by atoms with van der Waals surface area (Å²) >= 11 is 0. The molecule has 0 radical (unpaired) electrons. The van der Waals surface area contributed by atoms with Gasteiger partial charge in [-0.3, -0.25) is 9.89 Å². The minimum atomic E-state index is -0.104. The van der Waals surface area contributed by atoms with Crippen molar-refractivity contribution in [1.29, 1.82) is 0 Å². The summed E-state index contributed by atoms with van der Waals surface area (Å²) in [6, 6.07) is 9.37. The Bertz CT molecular complexity index is 962. The number of amides is 1. The lowest BCUT2D eigenvalue weighted by Crippen LogP contribution is -2.29. The smallest absolute Gasteiger partial charge is 0.251 e. The molecule has 3 N–H and O–H groups in total. The number of anilines is 2. The number of carbonyl (C=O) groups excluding carboxylic acids is 1. The number of pyridine rings is 1. The zero-order valence-corrected chi connectivity index (χ0v) is 16.3. The molecule has 2 aromatic heterocycles. The van der Waals surface area contributed by atoms with Crippen LogP contribution in [0.1, 0.15) is 43.7 Å². The predicted octanol–water partition coefficient (Wildman–Crippen LogP) is 3.94. The van der Waals surface area contributed by atoms with Crippen LogP contribution in [0, 0.1) is 6.92 Å². The number of carbonyl (C=O) groups is 1. The minimum Gasteiger partial charge on any atom is -0.474 e. The van der Waals surface area contributed by atoms with Crippen LogP contribution in [-0.2, 0) is 0 Å². The van der Waals surface area contributed by atoms with Gasteiger partial charge in [0.2, 0.25) is 5.88 Å². The highest BCUT2D eigenvalue weighted by Crippen LogP contribution is 2.29. The Hall–Kier alpha value is -3.09. The monoisotopic (exact) mass is 367 g/mol. The molecule has 0 fully saturated rings. The van der Waals surface area contributed by atoms with Gasteiger partial charge in [0, 0.05) is 28.8 Å². The number of aromatic amines is 1. The highest BCUT2D eigenvalue weighted by Gasteiger charge is 2.13. The summed E-state index contributed by atoms with van der Waals surface area (Å²) in [5.74, 6) is 1.69. The summed E-state index contributed by atoms with van der Waals surface area (Å²) in [4.78, 5) is 16.9. The van der Waals surface area contributed by atoms with Gasteiger partial charge in [-0.25, -0.2) is 0 Å². The molecule has 7 heteroatoms. The first kappa shape index (κ1) is 18.7. The number of nitrogens with zero attached hydrogens (tertiary/aromatic N) is 2. The number of H-pyrrole nitrogens is 1. The number of hydrogen-bond donors (Lipinski definition) is 3. The van der Waals surface area contributed by atoms with E-state index < -0.39 is 0 Å². The Morgan fingerprint density at radius 1 is 1.11 bits per heavy atom. The molecule has 27 heavy (non-hydrogen) atoms. The van der Waals surface area contributed by atoms with Gasteiger partial charge in [0.25, 0.3) is 5.91 Å². The highest BCUT2D eigenvalue weighted by atomic mass is 16.5. The maximum atomic E-state index is 12.4. The molecule has 0 atom stereocenters. The second kappa shape index (κ2) is 7.65. The molecule has 0 saturated heterocycles. The first-order chi connectivity index (χ1) is 12.8. The number of ether oxygens (including phenoxy) is 1. The molecule has 0 aliphatic rings. The lowest BCUT2D eigenvalue weighted by atomic mass is 10.1. The molecule has 2 heterocycles. The maximum absolute atomic E-state index is 12.4. The van der Waals surface area contributed by atoms with Crippen molar-refractivity contribution in [2.45, 2.75) is 46.8 Å². The van der Waals surface area contributed by atoms with Gasteiger partial charge in [-0.2, -0.15) is 10.1 Å². The van der Waals surface area contributed by atoms with Crippen LogP contribution in [0.4, 0.5) is 11.6 Å². The van der Waals surface area contributed by atoms with E-state index in [0.717, 1.165) is 16.5 Å². The first-order valence-corrected chi connectivity index (χ1v) is 9.03. The summed E-state index contributed by atoms with van der Waals surface area (Å²) in [6.45, 7) is 9.71. The van der Waals surface area contributed by atoms with E-state index in [1.54, 1.807) is 6.07 Å².